The standard InChI is InChI=1S/C25H24N4S/c1-3-8-20(9-4-1)24-25(21-10-5-2-6-11-21)27-23(18-26-24)29-15-13-28(14-16-29)19-22-12-7-17-30-22/h1-12,17-18H,13-16,19H2. The smallest absolute Gasteiger partial charge is 0.147 e. The average Bonchev–Trinajstić information content (AvgIpc) is 3.33. The topological polar surface area (TPSA) is 32.3 Å². The number of rotatable bonds is 5. The first kappa shape index (κ1) is 19.0. The summed E-state index contributed by atoms with van der Waals surface area (Å²) in [6, 6.07) is 25.0. The predicted molar refractivity (Wildman–Crippen MR) is 125 cm³/mol. The van der Waals surface area contributed by atoms with Crippen molar-refractivity contribution in [1.82, 2.24) is 14.9 Å². The molecule has 150 valence electrons. The van der Waals surface area contributed by atoms with Gasteiger partial charge in [-0.25, -0.2) is 4.98 Å². The molecule has 0 N–H and O–H groups in total. The van der Waals surface area contributed by atoms with Crippen molar-refractivity contribution < 1.29 is 0 Å². The summed E-state index contributed by atoms with van der Waals surface area (Å²) < 4.78 is 0. The SMILES string of the molecule is c1ccc(-c2ncc(N3CCN(Cc4cccs4)CC3)nc2-c2ccccc2)cc1. The zero-order valence-electron chi connectivity index (χ0n) is 16.8. The van der Waals surface area contributed by atoms with Crippen LogP contribution in [0.4, 0.5) is 5.82 Å². The van der Waals surface area contributed by atoms with E-state index in [2.05, 4.69) is 63.7 Å². The van der Waals surface area contributed by atoms with Gasteiger partial charge in [-0.3, -0.25) is 9.88 Å². The molecule has 5 rings (SSSR count). The van der Waals surface area contributed by atoms with Gasteiger partial charge in [0, 0.05) is 48.7 Å². The number of anilines is 1. The number of benzene rings is 2. The minimum atomic E-state index is 0.932. The normalized spacial score (nSPS) is 14.7. The Morgan fingerprint density at radius 1 is 0.733 bits per heavy atom. The molecule has 0 radical (unpaired) electrons. The number of aromatic nitrogens is 2. The minimum absolute atomic E-state index is 0.932. The van der Waals surface area contributed by atoms with Crippen LogP contribution in [0.25, 0.3) is 22.5 Å². The van der Waals surface area contributed by atoms with E-state index in [-0.39, 0.29) is 0 Å². The van der Waals surface area contributed by atoms with Gasteiger partial charge in [0.25, 0.3) is 0 Å². The van der Waals surface area contributed by atoms with Crippen LogP contribution in [0.1, 0.15) is 4.88 Å². The Kier molecular flexibility index (Phi) is 5.55. The summed E-state index contributed by atoms with van der Waals surface area (Å²) in [6.45, 7) is 5.07. The van der Waals surface area contributed by atoms with Crippen LogP contribution in [0, 0.1) is 0 Å². The summed E-state index contributed by atoms with van der Waals surface area (Å²) in [5.74, 6) is 0.962. The fourth-order valence-electron chi connectivity index (χ4n) is 3.89. The second-order valence-electron chi connectivity index (χ2n) is 7.50. The quantitative estimate of drug-likeness (QED) is 0.451. The van der Waals surface area contributed by atoms with Crippen molar-refractivity contribution in [2.24, 2.45) is 0 Å². The Morgan fingerprint density at radius 2 is 1.40 bits per heavy atom. The molecule has 4 nitrogen and oxygen atoms in total. The number of thiophene rings is 1. The monoisotopic (exact) mass is 412 g/mol. The molecular weight excluding hydrogens is 388 g/mol. The molecule has 30 heavy (non-hydrogen) atoms. The number of hydrogen-bond donors (Lipinski definition) is 0. The van der Waals surface area contributed by atoms with Crippen LogP contribution in [0.15, 0.2) is 84.4 Å². The summed E-state index contributed by atoms with van der Waals surface area (Å²) in [7, 11) is 0. The highest BCUT2D eigenvalue weighted by molar-refractivity contribution is 7.09. The van der Waals surface area contributed by atoms with Gasteiger partial charge >= 0.3 is 0 Å². The third-order valence-corrected chi connectivity index (χ3v) is 6.37. The predicted octanol–water partition coefficient (Wildman–Crippen LogP) is 5.19. The van der Waals surface area contributed by atoms with E-state index in [1.807, 2.05) is 41.8 Å². The number of piperazine rings is 1. The van der Waals surface area contributed by atoms with Gasteiger partial charge in [0.15, 0.2) is 0 Å². The highest BCUT2D eigenvalue weighted by Gasteiger charge is 2.20. The summed E-state index contributed by atoms with van der Waals surface area (Å²) >= 11 is 1.84. The second kappa shape index (κ2) is 8.78. The molecule has 0 atom stereocenters. The molecule has 2 aromatic carbocycles. The molecule has 0 aliphatic carbocycles. The molecule has 0 amide bonds. The summed E-state index contributed by atoms with van der Waals surface area (Å²) in [5, 5.41) is 2.15. The third kappa shape index (κ3) is 4.13. The molecule has 4 aromatic rings. The van der Waals surface area contributed by atoms with Gasteiger partial charge in [-0.05, 0) is 11.4 Å². The maximum Gasteiger partial charge on any atom is 0.147 e. The minimum Gasteiger partial charge on any atom is -0.353 e. The molecule has 1 aliphatic heterocycles. The van der Waals surface area contributed by atoms with Gasteiger partial charge in [0.05, 0.1) is 17.6 Å². The first-order valence-electron chi connectivity index (χ1n) is 10.3. The van der Waals surface area contributed by atoms with E-state index in [0.717, 1.165) is 61.1 Å². The van der Waals surface area contributed by atoms with Gasteiger partial charge in [0.1, 0.15) is 5.82 Å². The molecule has 3 heterocycles. The summed E-state index contributed by atoms with van der Waals surface area (Å²) in [5.41, 5.74) is 4.07. The molecule has 5 heteroatoms. The van der Waals surface area contributed by atoms with Crippen LogP contribution >= 0.6 is 11.3 Å². The Morgan fingerprint density at radius 3 is 2.03 bits per heavy atom. The van der Waals surface area contributed by atoms with Gasteiger partial charge in [0.2, 0.25) is 0 Å². The van der Waals surface area contributed by atoms with Gasteiger partial charge in [-0.15, -0.1) is 11.3 Å². The lowest BCUT2D eigenvalue weighted by molar-refractivity contribution is 0.251. The fraction of sp³-hybridized carbons (Fsp3) is 0.200. The zero-order valence-corrected chi connectivity index (χ0v) is 17.6. The van der Waals surface area contributed by atoms with Crippen molar-refractivity contribution in [1.29, 1.82) is 0 Å². The van der Waals surface area contributed by atoms with E-state index >= 15 is 0 Å². The fourth-order valence-corrected chi connectivity index (χ4v) is 4.64. The van der Waals surface area contributed by atoms with Crippen molar-refractivity contribution >= 4 is 17.2 Å². The lowest BCUT2D eigenvalue weighted by atomic mass is 10.0. The highest BCUT2D eigenvalue weighted by atomic mass is 32.1. The molecule has 0 saturated carbocycles. The van der Waals surface area contributed by atoms with Crippen molar-refractivity contribution in [2.75, 3.05) is 31.1 Å². The maximum atomic E-state index is 5.09. The van der Waals surface area contributed by atoms with E-state index in [1.54, 1.807) is 0 Å². The van der Waals surface area contributed by atoms with Crippen molar-refractivity contribution in [3.63, 3.8) is 0 Å². The number of nitrogens with zero attached hydrogens (tertiary/aromatic N) is 4. The molecule has 1 aliphatic rings. The largest absolute Gasteiger partial charge is 0.353 e. The molecular formula is C25H24N4S. The van der Waals surface area contributed by atoms with Crippen LogP contribution in [0.3, 0.4) is 0 Å². The van der Waals surface area contributed by atoms with Crippen LogP contribution in [-0.2, 0) is 6.54 Å². The summed E-state index contributed by atoms with van der Waals surface area (Å²) in [6.07, 6.45) is 1.93. The van der Waals surface area contributed by atoms with Crippen molar-refractivity contribution in [3.8, 4) is 22.5 Å². The lowest BCUT2D eigenvalue weighted by Gasteiger charge is -2.35. The highest BCUT2D eigenvalue weighted by Crippen LogP contribution is 2.30. The van der Waals surface area contributed by atoms with E-state index in [9.17, 15) is 0 Å². The van der Waals surface area contributed by atoms with E-state index in [0.29, 0.717) is 0 Å². The van der Waals surface area contributed by atoms with Crippen LogP contribution in [-0.4, -0.2) is 41.0 Å². The first-order valence-corrected chi connectivity index (χ1v) is 11.2. The van der Waals surface area contributed by atoms with Gasteiger partial charge in [-0.1, -0.05) is 66.7 Å². The molecule has 0 bridgehead atoms. The Labute approximate surface area is 181 Å². The van der Waals surface area contributed by atoms with E-state index < -0.39 is 0 Å². The van der Waals surface area contributed by atoms with Crippen LogP contribution < -0.4 is 4.90 Å². The van der Waals surface area contributed by atoms with Crippen molar-refractivity contribution in [2.45, 2.75) is 6.54 Å². The molecule has 1 fully saturated rings. The second-order valence-corrected chi connectivity index (χ2v) is 8.53. The Bertz CT molecular complexity index is 1070. The Hall–Kier alpha value is -3.02. The Balaban J connectivity index is 1.40. The van der Waals surface area contributed by atoms with E-state index in [1.165, 1.54) is 4.88 Å². The lowest BCUT2D eigenvalue weighted by Crippen LogP contribution is -2.46. The molecule has 0 spiro atoms. The first-order chi connectivity index (χ1) is 14.9. The molecule has 2 aromatic heterocycles. The third-order valence-electron chi connectivity index (χ3n) is 5.51. The molecule has 0 unspecified atom stereocenters. The maximum absolute atomic E-state index is 5.09. The van der Waals surface area contributed by atoms with Crippen molar-refractivity contribution in [3.05, 3.63) is 89.3 Å². The summed E-state index contributed by atoms with van der Waals surface area (Å²) in [4.78, 5) is 16.3. The van der Waals surface area contributed by atoms with Crippen LogP contribution in [0.5, 0.6) is 0 Å². The van der Waals surface area contributed by atoms with E-state index in [4.69, 9.17) is 9.97 Å². The zero-order chi connectivity index (χ0) is 20.2. The average molecular weight is 413 g/mol. The van der Waals surface area contributed by atoms with Crippen LogP contribution in [0.2, 0.25) is 0 Å². The molecule has 1 saturated heterocycles. The number of hydrogen-bond acceptors (Lipinski definition) is 5. The van der Waals surface area contributed by atoms with Gasteiger partial charge in [-0.2, -0.15) is 0 Å². The van der Waals surface area contributed by atoms with Gasteiger partial charge < -0.3 is 4.90 Å².